The van der Waals surface area contributed by atoms with Crippen LogP contribution < -0.4 is 5.32 Å². The Balaban J connectivity index is 1.45. The number of rotatable bonds is 9. The minimum Gasteiger partial charge on any atom is -0.378 e. The molecule has 6 nitrogen and oxygen atoms in total. The predicted molar refractivity (Wildman–Crippen MR) is 129 cm³/mol. The second kappa shape index (κ2) is 11.3. The number of ether oxygens (including phenoxy) is 1. The van der Waals surface area contributed by atoms with Crippen molar-refractivity contribution in [3.63, 3.8) is 0 Å². The number of hydrogen-bond donors (Lipinski definition) is 1. The van der Waals surface area contributed by atoms with Gasteiger partial charge in [-0.05, 0) is 30.0 Å². The molecule has 1 amide bonds. The lowest BCUT2D eigenvalue weighted by Crippen LogP contribution is -2.41. The van der Waals surface area contributed by atoms with Crippen molar-refractivity contribution in [2.24, 2.45) is 0 Å². The summed E-state index contributed by atoms with van der Waals surface area (Å²) in [6.45, 7) is 6.11. The Morgan fingerprint density at radius 1 is 1.09 bits per heavy atom. The first-order valence-corrected chi connectivity index (χ1v) is 12.2. The summed E-state index contributed by atoms with van der Waals surface area (Å²) in [6, 6.07) is 18.7. The van der Waals surface area contributed by atoms with E-state index in [-0.39, 0.29) is 5.91 Å². The molecule has 1 fully saturated rings. The lowest BCUT2D eigenvalue weighted by molar-refractivity contribution is -0.135. The van der Waals surface area contributed by atoms with E-state index in [1.165, 1.54) is 4.90 Å². The molecule has 0 unspecified atom stereocenters. The molecule has 168 valence electrons. The Morgan fingerprint density at radius 2 is 1.84 bits per heavy atom. The van der Waals surface area contributed by atoms with Crippen molar-refractivity contribution in [1.82, 2.24) is 20.0 Å². The van der Waals surface area contributed by atoms with Crippen LogP contribution in [0.2, 0.25) is 0 Å². The highest BCUT2D eigenvalue weighted by atomic mass is 32.2. The summed E-state index contributed by atoms with van der Waals surface area (Å²) < 4.78 is 7.26. The number of para-hydroxylation sites is 1. The number of carbonyl (C=O) groups is 1. The van der Waals surface area contributed by atoms with Gasteiger partial charge in [-0.3, -0.25) is 4.79 Å². The largest absolute Gasteiger partial charge is 0.378 e. The molecule has 0 atom stereocenters. The molecule has 1 saturated heterocycles. The molecule has 7 heteroatoms. The SMILES string of the molecule is CCSc1ccc(-c2nn(-c3ccccc3)cc2CNCCC(=O)N2CCOCC2)cc1. The van der Waals surface area contributed by atoms with Crippen LogP contribution >= 0.6 is 11.8 Å². The molecule has 0 radical (unpaired) electrons. The molecule has 1 aliphatic rings. The monoisotopic (exact) mass is 450 g/mol. The second-order valence-electron chi connectivity index (χ2n) is 7.66. The number of thioether (sulfide) groups is 1. The third-order valence-corrected chi connectivity index (χ3v) is 6.34. The van der Waals surface area contributed by atoms with E-state index < -0.39 is 0 Å². The van der Waals surface area contributed by atoms with E-state index in [4.69, 9.17) is 9.84 Å². The third-order valence-electron chi connectivity index (χ3n) is 5.44. The van der Waals surface area contributed by atoms with Gasteiger partial charge in [0.1, 0.15) is 0 Å². The molecule has 2 aromatic carbocycles. The minimum atomic E-state index is 0.185. The lowest BCUT2D eigenvalue weighted by atomic mass is 10.1. The first-order chi connectivity index (χ1) is 15.7. The van der Waals surface area contributed by atoms with E-state index in [0.717, 1.165) is 28.3 Å². The van der Waals surface area contributed by atoms with Gasteiger partial charge in [0.2, 0.25) is 5.91 Å². The molecule has 1 aromatic heterocycles. The van der Waals surface area contributed by atoms with Crippen molar-refractivity contribution in [2.45, 2.75) is 24.8 Å². The number of morpholine rings is 1. The van der Waals surface area contributed by atoms with Crippen molar-refractivity contribution in [3.8, 4) is 16.9 Å². The topological polar surface area (TPSA) is 59.4 Å². The molecule has 1 aliphatic heterocycles. The Kier molecular flexibility index (Phi) is 7.98. The molecule has 0 aliphatic carbocycles. The minimum absolute atomic E-state index is 0.185. The summed E-state index contributed by atoms with van der Waals surface area (Å²) >= 11 is 1.83. The van der Waals surface area contributed by atoms with Gasteiger partial charge in [0.15, 0.2) is 0 Å². The van der Waals surface area contributed by atoms with Gasteiger partial charge in [0.05, 0.1) is 24.6 Å². The fraction of sp³-hybridized carbons (Fsp3) is 0.360. The van der Waals surface area contributed by atoms with Crippen LogP contribution in [0, 0.1) is 0 Å². The zero-order valence-corrected chi connectivity index (χ0v) is 19.3. The van der Waals surface area contributed by atoms with Gasteiger partial charge in [-0.25, -0.2) is 4.68 Å². The van der Waals surface area contributed by atoms with Crippen LogP contribution in [-0.2, 0) is 16.1 Å². The number of carbonyl (C=O) groups excluding carboxylic acids is 1. The quantitative estimate of drug-likeness (QED) is 0.395. The number of nitrogens with one attached hydrogen (secondary N) is 1. The Bertz CT molecular complexity index is 999. The van der Waals surface area contributed by atoms with Crippen molar-refractivity contribution in [2.75, 3.05) is 38.6 Å². The van der Waals surface area contributed by atoms with Crippen molar-refractivity contribution in [3.05, 3.63) is 66.4 Å². The molecule has 0 spiro atoms. The van der Waals surface area contributed by atoms with Gasteiger partial charge < -0.3 is 15.0 Å². The van der Waals surface area contributed by atoms with Gasteiger partial charge >= 0.3 is 0 Å². The van der Waals surface area contributed by atoms with Gasteiger partial charge in [0.25, 0.3) is 0 Å². The highest BCUT2D eigenvalue weighted by Gasteiger charge is 2.17. The van der Waals surface area contributed by atoms with E-state index in [2.05, 4.69) is 54.8 Å². The molecule has 0 saturated carbocycles. The summed E-state index contributed by atoms with van der Waals surface area (Å²) in [5.74, 6) is 1.24. The Hall–Kier alpha value is -2.61. The molecule has 0 bridgehead atoms. The summed E-state index contributed by atoms with van der Waals surface area (Å²) in [5.41, 5.74) is 4.21. The maximum Gasteiger partial charge on any atom is 0.224 e. The highest BCUT2D eigenvalue weighted by Crippen LogP contribution is 2.26. The fourth-order valence-corrected chi connectivity index (χ4v) is 4.42. The smallest absolute Gasteiger partial charge is 0.224 e. The maximum atomic E-state index is 12.4. The van der Waals surface area contributed by atoms with Crippen molar-refractivity contribution >= 4 is 17.7 Å². The van der Waals surface area contributed by atoms with Crippen molar-refractivity contribution in [1.29, 1.82) is 0 Å². The van der Waals surface area contributed by atoms with Crippen LogP contribution in [-0.4, -0.2) is 59.2 Å². The molecule has 32 heavy (non-hydrogen) atoms. The molecule has 3 aromatic rings. The van der Waals surface area contributed by atoms with Crippen LogP contribution in [0.5, 0.6) is 0 Å². The predicted octanol–water partition coefficient (Wildman–Crippen LogP) is 3.99. The Morgan fingerprint density at radius 3 is 2.56 bits per heavy atom. The van der Waals surface area contributed by atoms with E-state index in [0.29, 0.717) is 45.8 Å². The van der Waals surface area contributed by atoms with Crippen LogP contribution in [0.25, 0.3) is 16.9 Å². The first kappa shape index (κ1) is 22.6. The zero-order valence-electron chi connectivity index (χ0n) is 18.5. The van der Waals surface area contributed by atoms with E-state index in [9.17, 15) is 4.79 Å². The number of amides is 1. The number of nitrogens with zero attached hydrogens (tertiary/aromatic N) is 3. The fourth-order valence-electron chi connectivity index (χ4n) is 3.76. The summed E-state index contributed by atoms with van der Waals surface area (Å²) in [6.07, 6.45) is 2.57. The summed E-state index contributed by atoms with van der Waals surface area (Å²) in [7, 11) is 0. The number of hydrogen-bond acceptors (Lipinski definition) is 5. The van der Waals surface area contributed by atoms with Gasteiger partial charge in [0, 0.05) is 54.8 Å². The lowest BCUT2D eigenvalue weighted by Gasteiger charge is -2.26. The standard InChI is InChI=1S/C25H30N4O2S/c1-2-32-23-10-8-20(9-11-23)25-21(19-29(27-25)22-6-4-3-5-7-22)18-26-13-12-24(30)28-14-16-31-17-15-28/h3-11,19,26H,2,12-18H2,1H3. The van der Waals surface area contributed by atoms with Crippen LogP contribution in [0.4, 0.5) is 0 Å². The molecule has 1 N–H and O–H groups in total. The average molecular weight is 451 g/mol. The van der Waals surface area contributed by atoms with E-state index in [1.54, 1.807) is 0 Å². The molecule has 2 heterocycles. The first-order valence-electron chi connectivity index (χ1n) is 11.2. The number of benzene rings is 2. The van der Waals surface area contributed by atoms with Gasteiger partial charge in [-0.2, -0.15) is 5.10 Å². The molecular weight excluding hydrogens is 420 g/mol. The second-order valence-corrected chi connectivity index (χ2v) is 9.00. The van der Waals surface area contributed by atoms with Gasteiger partial charge in [-0.1, -0.05) is 37.3 Å². The van der Waals surface area contributed by atoms with Crippen molar-refractivity contribution < 1.29 is 9.53 Å². The third kappa shape index (κ3) is 5.79. The normalized spacial score (nSPS) is 14.0. The average Bonchev–Trinajstić information content (AvgIpc) is 3.28. The Labute approximate surface area is 194 Å². The van der Waals surface area contributed by atoms with Crippen LogP contribution in [0.1, 0.15) is 18.9 Å². The maximum absolute atomic E-state index is 12.4. The summed E-state index contributed by atoms with van der Waals surface area (Å²) in [5, 5.41) is 8.34. The van der Waals surface area contributed by atoms with E-state index in [1.807, 2.05) is 39.5 Å². The zero-order chi connectivity index (χ0) is 22.2. The molecule has 4 rings (SSSR count). The summed E-state index contributed by atoms with van der Waals surface area (Å²) in [4.78, 5) is 15.5. The van der Waals surface area contributed by atoms with Gasteiger partial charge in [-0.15, -0.1) is 11.8 Å². The number of aromatic nitrogens is 2. The van der Waals surface area contributed by atoms with Crippen LogP contribution in [0.3, 0.4) is 0 Å². The van der Waals surface area contributed by atoms with E-state index >= 15 is 0 Å². The van der Waals surface area contributed by atoms with Crippen LogP contribution in [0.15, 0.2) is 65.7 Å². The highest BCUT2D eigenvalue weighted by molar-refractivity contribution is 7.99. The molecular formula is C25H30N4O2S.